The van der Waals surface area contributed by atoms with Crippen molar-refractivity contribution in [3.8, 4) is 5.75 Å². The predicted molar refractivity (Wildman–Crippen MR) is 118 cm³/mol. The number of carbonyl (C=O) groups is 1. The second kappa shape index (κ2) is 10.6. The van der Waals surface area contributed by atoms with Crippen molar-refractivity contribution in [1.82, 2.24) is 14.3 Å². The molecule has 1 atom stereocenters. The second-order valence-corrected chi connectivity index (χ2v) is 8.44. The van der Waals surface area contributed by atoms with Gasteiger partial charge in [-0.3, -0.25) is 4.79 Å². The van der Waals surface area contributed by atoms with Gasteiger partial charge in [-0.15, -0.1) is 0 Å². The summed E-state index contributed by atoms with van der Waals surface area (Å²) in [6, 6.07) is 8.22. The highest BCUT2D eigenvalue weighted by Gasteiger charge is 2.28. The van der Waals surface area contributed by atoms with Gasteiger partial charge in [-0.25, -0.2) is 4.98 Å². The number of methoxy groups -OCH3 is 1. The molecule has 0 N–H and O–H groups in total. The summed E-state index contributed by atoms with van der Waals surface area (Å²) in [6.07, 6.45) is 5.94. The zero-order valence-electron chi connectivity index (χ0n) is 17.8. The third-order valence-corrected chi connectivity index (χ3v) is 6.23. The van der Waals surface area contributed by atoms with Crippen molar-refractivity contribution >= 4 is 22.6 Å². The summed E-state index contributed by atoms with van der Waals surface area (Å²) < 4.78 is 9.84. The number of hydrogen-bond acceptors (Lipinski definition) is 6. The molecule has 158 valence electrons. The molecule has 0 spiro atoms. The summed E-state index contributed by atoms with van der Waals surface area (Å²) in [4.78, 5) is 21.6. The van der Waals surface area contributed by atoms with Crippen LogP contribution < -0.4 is 9.64 Å². The molecule has 1 aliphatic rings. The molecule has 0 aliphatic carbocycles. The van der Waals surface area contributed by atoms with Gasteiger partial charge < -0.3 is 14.5 Å². The lowest BCUT2D eigenvalue weighted by Crippen LogP contribution is -2.54. The van der Waals surface area contributed by atoms with Crippen LogP contribution in [0.15, 0.2) is 24.3 Å². The highest BCUT2D eigenvalue weighted by Crippen LogP contribution is 2.23. The maximum absolute atomic E-state index is 12.5. The number of carbonyl (C=O) groups excluding carboxylic acids is 1. The lowest BCUT2D eigenvalue weighted by molar-refractivity contribution is -0.133. The van der Waals surface area contributed by atoms with Crippen molar-refractivity contribution in [2.45, 2.75) is 58.4 Å². The predicted octanol–water partition coefficient (Wildman–Crippen LogP) is 4.15. The summed E-state index contributed by atoms with van der Waals surface area (Å²) in [7, 11) is 1.68. The fourth-order valence-corrected chi connectivity index (χ4v) is 4.48. The van der Waals surface area contributed by atoms with Crippen LogP contribution in [0.1, 0.15) is 57.3 Å². The van der Waals surface area contributed by atoms with Crippen LogP contribution in [0.5, 0.6) is 5.75 Å². The molecule has 0 bridgehead atoms. The van der Waals surface area contributed by atoms with E-state index < -0.39 is 0 Å². The molecule has 7 heteroatoms. The van der Waals surface area contributed by atoms with Crippen molar-refractivity contribution in [2.75, 3.05) is 31.6 Å². The van der Waals surface area contributed by atoms with Gasteiger partial charge in [-0.05, 0) is 31.0 Å². The molecule has 0 radical (unpaired) electrons. The molecule has 1 aromatic carbocycles. The number of benzene rings is 1. The van der Waals surface area contributed by atoms with Gasteiger partial charge in [0.15, 0.2) is 0 Å². The van der Waals surface area contributed by atoms with Gasteiger partial charge in [0.25, 0.3) is 0 Å². The van der Waals surface area contributed by atoms with Crippen LogP contribution in [0.4, 0.5) is 5.13 Å². The van der Waals surface area contributed by atoms with E-state index in [-0.39, 0.29) is 6.04 Å². The number of anilines is 1. The Kier molecular flexibility index (Phi) is 7.86. The summed E-state index contributed by atoms with van der Waals surface area (Å²) in [5.74, 6) is 1.98. The molecule has 1 unspecified atom stereocenters. The zero-order chi connectivity index (χ0) is 20.6. The molecular weight excluding hydrogens is 384 g/mol. The van der Waals surface area contributed by atoms with Crippen molar-refractivity contribution in [3.05, 3.63) is 35.7 Å². The Morgan fingerprint density at radius 1 is 1.28 bits per heavy atom. The van der Waals surface area contributed by atoms with E-state index in [4.69, 9.17) is 9.72 Å². The smallest absolute Gasteiger partial charge is 0.222 e. The van der Waals surface area contributed by atoms with Gasteiger partial charge in [0.2, 0.25) is 11.0 Å². The first-order valence-electron chi connectivity index (χ1n) is 10.6. The van der Waals surface area contributed by atoms with E-state index in [1.165, 1.54) is 24.4 Å². The fraction of sp³-hybridized carbons (Fsp3) is 0.591. The molecule has 29 heavy (non-hydrogen) atoms. The van der Waals surface area contributed by atoms with Crippen LogP contribution in [-0.2, 0) is 11.2 Å². The fourth-order valence-electron chi connectivity index (χ4n) is 3.76. The van der Waals surface area contributed by atoms with Gasteiger partial charge in [-0.2, -0.15) is 4.37 Å². The highest BCUT2D eigenvalue weighted by atomic mass is 32.1. The van der Waals surface area contributed by atoms with Crippen molar-refractivity contribution in [3.63, 3.8) is 0 Å². The largest absolute Gasteiger partial charge is 0.497 e. The van der Waals surface area contributed by atoms with Crippen molar-refractivity contribution in [1.29, 1.82) is 0 Å². The topological polar surface area (TPSA) is 58.6 Å². The van der Waals surface area contributed by atoms with Gasteiger partial charge >= 0.3 is 0 Å². The van der Waals surface area contributed by atoms with Crippen LogP contribution >= 0.6 is 11.5 Å². The summed E-state index contributed by atoms with van der Waals surface area (Å²) >= 11 is 1.45. The van der Waals surface area contributed by atoms with E-state index in [1.54, 1.807) is 7.11 Å². The zero-order valence-corrected chi connectivity index (χ0v) is 18.6. The Hall–Kier alpha value is -2.15. The van der Waals surface area contributed by atoms with Crippen LogP contribution in [0.2, 0.25) is 0 Å². The average Bonchev–Trinajstić information content (AvgIpc) is 3.19. The number of amides is 1. The number of rotatable bonds is 9. The molecule has 2 heterocycles. The maximum Gasteiger partial charge on any atom is 0.222 e. The molecule has 1 fully saturated rings. The summed E-state index contributed by atoms with van der Waals surface area (Å²) in [5, 5.41) is 0.949. The third kappa shape index (κ3) is 5.92. The SMILES string of the molecule is CCCCCCC(=O)N1CCN(c2nc(Cc3cccc(OC)c3)ns2)CC1C. The minimum atomic E-state index is 0.202. The van der Waals surface area contributed by atoms with Gasteiger partial charge in [0, 0.05) is 50.1 Å². The Labute approximate surface area is 178 Å². The highest BCUT2D eigenvalue weighted by molar-refractivity contribution is 7.09. The minimum absolute atomic E-state index is 0.202. The average molecular weight is 417 g/mol. The normalized spacial score (nSPS) is 16.9. The molecule has 1 saturated heterocycles. The van der Waals surface area contributed by atoms with Crippen molar-refractivity contribution < 1.29 is 9.53 Å². The molecule has 1 amide bonds. The monoisotopic (exact) mass is 416 g/mol. The van der Waals surface area contributed by atoms with Gasteiger partial charge in [0.05, 0.1) is 7.11 Å². The number of ether oxygens (including phenoxy) is 1. The first kappa shape index (κ1) is 21.6. The number of hydrogen-bond donors (Lipinski definition) is 0. The van der Waals surface area contributed by atoms with E-state index in [9.17, 15) is 4.79 Å². The van der Waals surface area contributed by atoms with E-state index >= 15 is 0 Å². The first-order valence-corrected chi connectivity index (χ1v) is 11.4. The number of unbranched alkanes of at least 4 members (excludes halogenated alkanes) is 3. The van der Waals surface area contributed by atoms with Gasteiger partial charge in [-0.1, -0.05) is 38.3 Å². The lowest BCUT2D eigenvalue weighted by atomic mass is 10.1. The molecule has 1 aliphatic heterocycles. The first-order chi connectivity index (χ1) is 14.1. The number of aromatic nitrogens is 2. The molecular formula is C22H32N4O2S. The molecule has 6 nitrogen and oxygen atoms in total. The van der Waals surface area contributed by atoms with E-state index in [0.717, 1.165) is 54.7 Å². The summed E-state index contributed by atoms with van der Waals surface area (Å²) in [5.41, 5.74) is 1.14. The van der Waals surface area contributed by atoms with Crippen LogP contribution in [-0.4, -0.2) is 53.0 Å². The summed E-state index contributed by atoms with van der Waals surface area (Å²) in [6.45, 7) is 6.72. The minimum Gasteiger partial charge on any atom is -0.497 e. The maximum atomic E-state index is 12.5. The van der Waals surface area contributed by atoms with Crippen molar-refractivity contribution in [2.24, 2.45) is 0 Å². The number of nitrogens with zero attached hydrogens (tertiary/aromatic N) is 4. The molecule has 0 saturated carbocycles. The van der Waals surface area contributed by atoms with E-state index in [2.05, 4.69) is 29.2 Å². The molecule has 2 aromatic rings. The van der Waals surface area contributed by atoms with Crippen LogP contribution in [0, 0.1) is 0 Å². The quantitative estimate of drug-likeness (QED) is 0.575. The second-order valence-electron chi connectivity index (χ2n) is 7.71. The van der Waals surface area contributed by atoms with E-state index in [0.29, 0.717) is 18.7 Å². The van der Waals surface area contributed by atoms with E-state index in [1.807, 2.05) is 23.1 Å². The Bertz CT molecular complexity index is 795. The molecule has 1 aromatic heterocycles. The standard InChI is InChI=1S/C22H32N4O2S/c1-4-5-6-7-11-21(27)26-13-12-25(16-17(26)2)22-23-20(24-29-22)15-18-9-8-10-19(14-18)28-3/h8-10,14,17H,4-7,11-13,15-16H2,1-3H3. The van der Waals surface area contributed by atoms with Gasteiger partial charge in [0.1, 0.15) is 11.6 Å². The van der Waals surface area contributed by atoms with Crippen LogP contribution in [0.3, 0.4) is 0 Å². The number of piperazine rings is 1. The Morgan fingerprint density at radius 3 is 2.90 bits per heavy atom. The molecule has 3 rings (SSSR count). The Balaban J connectivity index is 1.53. The van der Waals surface area contributed by atoms with Crippen LogP contribution in [0.25, 0.3) is 0 Å². The third-order valence-electron chi connectivity index (χ3n) is 5.42. The lowest BCUT2D eigenvalue weighted by Gasteiger charge is -2.39. The Morgan fingerprint density at radius 2 is 2.14 bits per heavy atom.